The number of hydrogen-bond acceptors (Lipinski definition) is 4. The predicted octanol–water partition coefficient (Wildman–Crippen LogP) is 3.04. The number of carbonyl (C=O) groups excluding carboxylic acids is 1. The van der Waals surface area contributed by atoms with Crippen LogP contribution in [-0.4, -0.2) is 39.6 Å². The topological polar surface area (TPSA) is 77.2 Å². The van der Waals surface area contributed by atoms with Crippen LogP contribution in [0.4, 0.5) is 0 Å². The van der Waals surface area contributed by atoms with Crippen molar-refractivity contribution in [3.05, 3.63) is 65.5 Å². The molecule has 1 aliphatic heterocycles. The van der Waals surface area contributed by atoms with E-state index in [1.165, 1.54) is 30.6 Å². The summed E-state index contributed by atoms with van der Waals surface area (Å²) in [5.74, 6) is 6.74. The molecule has 152 valence electrons. The van der Waals surface area contributed by atoms with Gasteiger partial charge in [-0.3, -0.25) is 9.78 Å². The maximum atomic E-state index is 12.8. The quantitative estimate of drug-likeness (QED) is 0.802. The minimum absolute atomic E-state index is 0.123. The molecule has 1 aliphatic carbocycles. The van der Waals surface area contributed by atoms with Gasteiger partial charge in [0.2, 0.25) is 5.91 Å². The molecule has 0 bridgehead atoms. The van der Waals surface area contributed by atoms with Gasteiger partial charge in [-0.25, -0.2) is 0 Å². The van der Waals surface area contributed by atoms with Crippen molar-refractivity contribution in [1.82, 2.24) is 9.88 Å². The molecule has 4 rings (SSSR count). The number of nitriles is 1. The van der Waals surface area contributed by atoms with Crippen molar-refractivity contribution in [2.24, 2.45) is 5.92 Å². The predicted molar refractivity (Wildman–Crippen MR) is 113 cm³/mol. The zero-order valence-corrected chi connectivity index (χ0v) is 16.9. The largest absolute Gasteiger partial charge is 0.394 e. The van der Waals surface area contributed by atoms with Crippen LogP contribution in [0.1, 0.15) is 48.4 Å². The Bertz CT molecular complexity index is 979. The molecule has 30 heavy (non-hydrogen) atoms. The first-order chi connectivity index (χ1) is 14.7. The van der Waals surface area contributed by atoms with Gasteiger partial charge < -0.3 is 10.0 Å². The SMILES string of the molecule is N#C[C@@H]1[C@@H](c2ccc(C#CC3CCCC3)cc2)[C@H](CO)N1C(=O)Cc1ccccn1. The molecule has 2 heterocycles. The van der Waals surface area contributed by atoms with E-state index in [0.717, 1.165) is 11.1 Å². The van der Waals surface area contributed by atoms with E-state index < -0.39 is 12.1 Å². The Morgan fingerprint density at radius 3 is 2.57 bits per heavy atom. The summed E-state index contributed by atoms with van der Waals surface area (Å²) >= 11 is 0. The van der Waals surface area contributed by atoms with Crippen LogP contribution >= 0.6 is 0 Å². The van der Waals surface area contributed by atoms with E-state index >= 15 is 0 Å². The summed E-state index contributed by atoms with van der Waals surface area (Å²) in [6.07, 6.45) is 6.69. The van der Waals surface area contributed by atoms with Gasteiger partial charge in [0.1, 0.15) is 6.04 Å². The van der Waals surface area contributed by atoms with Crippen LogP contribution in [0.5, 0.6) is 0 Å². The number of carbonyl (C=O) groups is 1. The van der Waals surface area contributed by atoms with Crippen molar-refractivity contribution in [3.63, 3.8) is 0 Å². The van der Waals surface area contributed by atoms with Crippen LogP contribution in [0.25, 0.3) is 0 Å². The summed E-state index contributed by atoms with van der Waals surface area (Å²) < 4.78 is 0. The molecule has 2 aromatic rings. The maximum Gasteiger partial charge on any atom is 0.230 e. The van der Waals surface area contributed by atoms with E-state index in [4.69, 9.17) is 0 Å². The second-order valence-electron chi connectivity index (χ2n) is 8.02. The summed E-state index contributed by atoms with van der Waals surface area (Å²) in [6.45, 7) is -0.181. The Morgan fingerprint density at radius 2 is 1.93 bits per heavy atom. The fraction of sp³-hybridized carbons (Fsp3) is 0.400. The second-order valence-corrected chi connectivity index (χ2v) is 8.02. The molecule has 0 spiro atoms. The summed E-state index contributed by atoms with van der Waals surface area (Å²) in [7, 11) is 0. The highest BCUT2D eigenvalue weighted by Gasteiger charge is 2.51. The minimum atomic E-state index is -0.589. The Morgan fingerprint density at radius 1 is 1.17 bits per heavy atom. The molecule has 5 nitrogen and oxygen atoms in total. The number of likely N-dealkylation sites (tertiary alicyclic amines) is 1. The molecule has 5 heteroatoms. The van der Waals surface area contributed by atoms with Crippen molar-refractivity contribution >= 4 is 5.91 Å². The average Bonchev–Trinajstić information content (AvgIpc) is 3.27. The molecular formula is C25H25N3O2. The molecule has 1 amide bonds. The lowest BCUT2D eigenvalue weighted by atomic mass is 9.75. The number of nitrogens with zero attached hydrogens (tertiary/aromatic N) is 3. The Labute approximate surface area is 177 Å². The van der Waals surface area contributed by atoms with Crippen LogP contribution in [0, 0.1) is 29.1 Å². The van der Waals surface area contributed by atoms with E-state index in [1.807, 2.05) is 30.3 Å². The Hall–Kier alpha value is -3.15. The van der Waals surface area contributed by atoms with Gasteiger partial charge in [0, 0.05) is 29.3 Å². The van der Waals surface area contributed by atoms with Crippen LogP contribution < -0.4 is 0 Å². The number of amides is 1. The van der Waals surface area contributed by atoms with Gasteiger partial charge >= 0.3 is 0 Å². The fourth-order valence-corrected chi connectivity index (χ4v) is 4.54. The van der Waals surface area contributed by atoms with Gasteiger partial charge in [-0.05, 0) is 42.7 Å². The van der Waals surface area contributed by atoms with Crippen LogP contribution in [0.15, 0.2) is 48.7 Å². The lowest BCUT2D eigenvalue weighted by Crippen LogP contribution is -2.65. The Balaban J connectivity index is 1.47. The zero-order valence-electron chi connectivity index (χ0n) is 16.9. The first-order valence-corrected chi connectivity index (χ1v) is 10.5. The summed E-state index contributed by atoms with van der Waals surface area (Å²) in [4.78, 5) is 18.5. The lowest BCUT2D eigenvalue weighted by Gasteiger charge is -2.51. The van der Waals surface area contributed by atoms with Gasteiger partial charge in [-0.15, -0.1) is 0 Å². The van der Waals surface area contributed by atoms with Crippen molar-refractivity contribution in [1.29, 1.82) is 5.26 Å². The highest BCUT2D eigenvalue weighted by atomic mass is 16.3. The van der Waals surface area contributed by atoms with E-state index in [9.17, 15) is 15.2 Å². The lowest BCUT2D eigenvalue weighted by molar-refractivity contribution is -0.146. The number of pyridine rings is 1. The van der Waals surface area contributed by atoms with E-state index in [1.54, 1.807) is 18.3 Å². The van der Waals surface area contributed by atoms with E-state index in [-0.39, 0.29) is 24.9 Å². The van der Waals surface area contributed by atoms with Gasteiger partial charge in [0.15, 0.2) is 0 Å². The summed E-state index contributed by atoms with van der Waals surface area (Å²) in [5.41, 5.74) is 2.57. The third kappa shape index (κ3) is 4.08. The molecule has 2 aliphatic rings. The minimum Gasteiger partial charge on any atom is -0.394 e. The number of aromatic nitrogens is 1. The summed E-state index contributed by atoms with van der Waals surface area (Å²) in [6, 6.07) is 14.6. The maximum absolute atomic E-state index is 12.8. The number of aliphatic hydroxyl groups excluding tert-OH is 1. The fourth-order valence-electron chi connectivity index (χ4n) is 4.54. The highest BCUT2D eigenvalue weighted by Crippen LogP contribution is 2.40. The normalized spacial score (nSPS) is 23.2. The Kier molecular flexibility index (Phi) is 6.12. The van der Waals surface area contributed by atoms with Gasteiger partial charge in [-0.1, -0.05) is 42.9 Å². The van der Waals surface area contributed by atoms with Gasteiger partial charge in [0.05, 0.1) is 25.1 Å². The van der Waals surface area contributed by atoms with Crippen molar-refractivity contribution in [2.75, 3.05) is 6.61 Å². The average molecular weight is 399 g/mol. The third-order valence-corrected chi connectivity index (χ3v) is 6.15. The molecule has 0 radical (unpaired) electrons. The van der Waals surface area contributed by atoms with Crippen molar-refractivity contribution in [2.45, 2.75) is 50.1 Å². The number of benzene rings is 1. The summed E-state index contributed by atoms with van der Waals surface area (Å²) in [5, 5.41) is 19.6. The zero-order chi connectivity index (χ0) is 20.9. The van der Waals surface area contributed by atoms with Crippen LogP contribution in [0.3, 0.4) is 0 Å². The van der Waals surface area contributed by atoms with Gasteiger partial charge in [-0.2, -0.15) is 5.26 Å². The second kappa shape index (κ2) is 9.11. The standard InChI is InChI=1S/C25H25N3O2/c26-16-22-25(20-12-10-19(11-13-20)9-8-18-5-1-2-6-18)23(17-29)28(22)24(30)15-21-7-3-4-14-27-21/h3-4,7,10-14,18,22-23,25,29H,1-2,5-6,15,17H2/t22-,23+,25-/m1/s1. The molecular weight excluding hydrogens is 374 g/mol. The number of rotatable bonds is 4. The number of aliphatic hydroxyl groups is 1. The molecule has 0 unspecified atom stereocenters. The molecule has 2 fully saturated rings. The molecule has 1 N–H and O–H groups in total. The van der Waals surface area contributed by atoms with Crippen LogP contribution in [0.2, 0.25) is 0 Å². The van der Waals surface area contributed by atoms with Crippen LogP contribution in [-0.2, 0) is 11.2 Å². The van der Waals surface area contributed by atoms with E-state index in [2.05, 4.69) is 22.9 Å². The van der Waals surface area contributed by atoms with Crippen molar-refractivity contribution < 1.29 is 9.90 Å². The third-order valence-electron chi connectivity index (χ3n) is 6.15. The van der Waals surface area contributed by atoms with E-state index in [0.29, 0.717) is 11.6 Å². The first-order valence-electron chi connectivity index (χ1n) is 10.5. The molecule has 1 saturated carbocycles. The first kappa shape index (κ1) is 20.1. The van der Waals surface area contributed by atoms with Gasteiger partial charge in [0.25, 0.3) is 0 Å². The molecule has 1 saturated heterocycles. The molecule has 1 aromatic heterocycles. The molecule has 1 aromatic carbocycles. The highest BCUT2D eigenvalue weighted by molar-refractivity contribution is 5.81. The van der Waals surface area contributed by atoms with Crippen molar-refractivity contribution in [3.8, 4) is 17.9 Å². The smallest absolute Gasteiger partial charge is 0.230 e. The molecule has 3 atom stereocenters. The number of hydrogen-bond donors (Lipinski definition) is 1. The monoisotopic (exact) mass is 399 g/mol.